The normalized spacial score (nSPS) is 24.1. The summed E-state index contributed by atoms with van der Waals surface area (Å²) in [5, 5.41) is 4.23. The number of imidazole rings is 1. The van der Waals surface area contributed by atoms with Crippen molar-refractivity contribution in [2.45, 2.75) is 37.9 Å². The fourth-order valence-corrected chi connectivity index (χ4v) is 5.42. The van der Waals surface area contributed by atoms with Crippen molar-refractivity contribution >= 4 is 23.3 Å². The van der Waals surface area contributed by atoms with E-state index in [1.165, 1.54) is 0 Å². The molecule has 0 saturated carbocycles. The monoisotopic (exact) mass is 488 g/mol. The van der Waals surface area contributed by atoms with Gasteiger partial charge in [0.1, 0.15) is 17.5 Å². The van der Waals surface area contributed by atoms with Gasteiger partial charge in [0.05, 0.1) is 25.4 Å². The molecule has 6 rings (SSSR count). The zero-order chi connectivity index (χ0) is 24.7. The van der Waals surface area contributed by atoms with Gasteiger partial charge in [0.2, 0.25) is 5.78 Å². The van der Waals surface area contributed by atoms with Gasteiger partial charge in [-0.1, -0.05) is 35.5 Å². The maximum absolute atomic E-state index is 13.5. The van der Waals surface area contributed by atoms with E-state index < -0.39 is 5.60 Å². The lowest BCUT2D eigenvalue weighted by Gasteiger charge is -2.38. The van der Waals surface area contributed by atoms with Crippen molar-refractivity contribution in [3.8, 4) is 0 Å². The number of carbonyl (C=O) groups is 2. The first-order chi connectivity index (χ1) is 17.5. The molecule has 10 nitrogen and oxygen atoms in total. The van der Waals surface area contributed by atoms with E-state index >= 15 is 0 Å². The molecule has 3 aliphatic heterocycles. The molecule has 186 valence electrons. The highest BCUT2D eigenvalue weighted by Gasteiger charge is 2.47. The Morgan fingerprint density at radius 2 is 1.94 bits per heavy atom. The second kappa shape index (κ2) is 9.02. The number of likely N-dealkylation sites (tertiary alicyclic amines) is 1. The third kappa shape index (κ3) is 4.01. The fourth-order valence-electron chi connectivity index (χ4n) is 5.42. The van der Waals surface area contributed by atoms with Crippen LogP contribution in [-0.4, -0.2) is 80.1 Å². The van der Waals surface area contributed by atoms with Crippen LogP contribution >= 0.6 is 0 Å². The summed E-state index contributed by atoms with van der Waals surface area (Å²) < 4.78 is 7.64. The molecular weight excluding hydrogens is 460 g/mol. The summed E-state index contributed by atoms with van der Waals surface area (Å²) in [5.41, 5.74) is 1.92. The number of rotatable bonds is 3. The van der Waals surface area contributed by atoms with Crippen LogP contribution in [0, 0.1) is 6.92 Å². The maximum Gasteiger partial charge on any atom is 0.272 e. The lowest BCUT2D eigenvalue weighted by molar-refractivity contribution is -0.131. The van der Waals surface area contributed by atoms with Gasteiger partial charge in [0.25, 0.3) is 11.8 Å². The molecule has 3 aliphatic rings. The molecule has 2 saturated heterocycles. The minimum atomic E-state index is -0.684. The largest absolute Gasteiger partial charge is 0.386 e. The number of nitrogens with zero attached hydrogens (tertiary/aromatic N) is 6. The number of hydrogen-bond donors (Lipinski definition) is 0. The first-order valence-corrected chi connectivity index (χ1v) is 12.3. The van der Waals surface area contributed by atoms with Crippen molar-refractivity contribution in [1.29, 1.82) is 0 Å². The predicted molar refractivity (Wildman–Crippen MR) is 130 cm³/mol. The van der Waals surface area contributed by atoms with E-state index in [1.807, 2.05) is 37.3 Å². The van der Waals surface area contributed by atoms with E-state index in [4.69, 9.17) is 9.57 Å². The number of fused-ring (bicyclic) bond motifs is 1. The Bertz CT molecular complexity index is 1340. The summed E-state index contributed by atoms with van der Waals surface area (Å²) in [4.78, 5) is 45.0. The minimum absolute atomic E-state index is 0.116. The van der Waals surface area contributed by atoms with E-state index in [1.54, 1.807) is 32.7 Å². The van der Waals surface area contributed by atoms with Crippen LogP contribution in [0.4, 0.5) is 0 Å². The van der Waals surface area contributed by atoms with Gasteiger partial charge < -0.3 is 19.4 Å². The summed E-state index contributed by atoms with van der Waals surface area (Å²) in [6.07, 6.45) is 5.19. The van der Waals surface area contributed by atoms with Gasteiger partial charge in [-0.3, -0.25) is 14.0 Å². The third-order valence-electron chi connectivity index (χ3n) is 7.22. The molecule has 2 unspecified atom stereocenters. The Morgan fingerprint density at radius 3 is 2.81 bits per heavy atom. The number of piperidine rings is 1. The van der Waals surface area contributed by atoms with Crippen molar-refractivity contribution in [1.82, 2.24) is 24.2 Å². The van der Waals surface area contributed by atoms with Crippen LogP contribution in [0.3, 0.4) is 0 Å². The summed E-state index contributed by atoms with van der Waals surface area (Å²) in [7, 11) is 0. The van der Waals surface area contributed by atoms with Crippen LogP contribution in [0.1, 0.15) is 47.1 Å². The molecule has 0 aliphatic carbocycles. The Balaban J connectivity index is 1.14. The van der Waals surface area contributed by atoms with Crippen molar-refractivity contribution < 1.29 is 19.2 Å². The van der Waals surface area contributed by atoms with Gasteiger partial charge in [-0.2, -0.15) is 0 Å². The van der Waals surface area contributed by atoms with E-state index in [9.17, 15) is 9.59 Å². The van der Waals surface area contributed by atoms with Crippen molar-refractivity contribution in [2.75, 3.05) is 32.8 Å². The molecule has 1 spiro atoms. The van der Waals surface area contributed by atoms with E-state index in [0.717, 1.165) is 18.4 Å². The van der Waals surface area contributed by atoms with Gasteiger partial charge >= 0.3 is 0 Å². The molecule has 2 atom stereocenters. The van der Waals surface area contributed by atoms with Crippen molar-refractivity contribution in [3.63, 3.8) is 0 Å². The van der Waals surface area contributed by atoms with Gasteiger partial charge in [-0.15, -0.1) is 0 Å². The van der Waals surface area contributed by atoms with Crippen LogP contribution in [0.25, 0.3) is 5.78 Å². The fraction of sp³-hybridized carbons (Fsp3) is 0.423. The number of morpholine rings is 1. The third-order valence-corrected chi connectivity index (χ3v) is 7.22. The molecule has 3 aromatic rings. The molecule has 1 aromatic carbocycles. The number of benzene rings is 1. The number of oxime groups is 1. The molecule has 0 N–H and O–H groups in total. The number of hydrogen-bond acceptors (Lipinski definition) is 7. The lowest BCUT2D eigenvalue weighted by Crippen LogP contribution is -2.51. The number of ether oxygens (including phenoxy) is 1. The molecule has 2 fully saturated rings. The zero-order valence-corrected chi connectivity index (χ0v) is 20.2. The highest BCUT2D eigenvalue weighted by Crippen LogP contribution is 2.35. The van der Waals surface area contributed by atoms with Gasteiger partial charge in [0, 0.05) is 31.9 Å². The van der Waals surface area contributed by atoms with Crippen LogP contribution in [-0.2, 0) is 14.4 Å². The summed E-state index contributed by atoms with van der Waals surface area (Å²) in [6, 6.07) is 11.7. The molecule has 5 heterocycles. The van der Waals surface area contributed by atoms with Crippen molar-refractivity contribution in [2.24, 2.45) is 5.16 Å². The van der Waals surface area contributed by atoms with Gasteiger partial charge in [-0.25, -0.2) is 9.97 Å². The van der Waals surface area contributed by atoms with Crippen LogP contribution in [0.5, 0.6) is 0 Å². The zero-order valence-electron chi connectivity index (χ0n) is 20.2. The van der Waals surface area contributed by atoms with Crippen LogP contribution < -0.4 is 0 Å². The van der Waals surface area contributed by atoms with Crippen LogP contribution in [0.2, 0.25) is 0 Å². The molecule has 36 heavy (non-hydrogen) atoms. The second-order valence-corrected chi connectivity index (χ2v) is 9.68. The number of aromatic nitrogens is 3. The van der Waals surface area contributed by atoms with E-state index in [2.05, 4.69) is 15.1 Å². The Kier molecular flexibility index (Phi) is 5.67. The topological polar surface area (TPSA) is 102 Å². The molecule has 2 aromatic heterocycles. The Labute approximate surface area is 208 Å². The van der Waals surface area contributed by atoms with E-state index in [0.29, 0.717) is 62.1 Å². The summed E-state index contributed by atoms with van der Waals surface area (Å²) >= 11 is 0. The lowest BCUT2D eigenvalue weighted by atomic mass is 9.87. The maximum atomic E-state index is 13.5. The Hall–Kier alpha value is -3.79. The molecule has 2 amide bonds. The van der Waals surface area contributed by atoms with Crippen molar-refractivity contribution in [3.05, 3.63) is 65.7 Å². The molecule has 0 bridgehead atoms. The average Bonchev–Trinajstić information content (AvgIpc) is 3.48. The average molecular weight is 489 g/mol. The predicted octanol–water partition coefficient (Wildman–Crippen LogP) is 2.39. The summed E-state index contributed by atoms with van der Waals surface area (Å²) in [6.45, 7) is 4.26. The number of aryl methyl sites for hydroxylation is 1. The molecule has 10 heteroatoms. The highest BCUT2D eigenvalue weighted by atomic mass is 16.7. The first kappa shape index (κ1) is 22.7. The Morgan fingerprint density at radius 1 is 1.08 bits per heavy atom. The summed E-state index contributed by atoms with van der Waals surface area (Å²) in [5.74, 6) is 0.260. The quantitative estimate of drug-likeness (QED) is 0.561. The second-order valence-electron chi connectivity index (χ2n) is 9.68. The van der Waals surface area contributed by atoms with E-state index in [-0.39, 0.29) is 17.9 Å². The first-order valence-electron chi connectivity index (χ1n) is 12.3. The number of carbonyl (C=O) groups excluding carboxylic acids is 2. The van der Waals surface area contributed by atoms with Gasteiger partial charge in [0.15, 0.2) is 5.60 Å². The SMILES string of the molecule is Cc1nc2ncccn2c1C(=O)N1CCCC2(CC(C(=O)N3CCOC(c4ccccc4)C3)=NO2)C1. The smallest absolute Gasteiger partial charge is 0.272 e. The number of amides is 2. The van der Waals surface area contributed by atoms with Crippen LogP contribution in [0.15, 0.2) is 53.9 Å². The standard InChI is InChI=1S/C26H28N6O4/c1-18-22(32-12-6-10-27-25(32)28-18)24(34)31-11-5-9-26(17-31)15-20(29-36-26)23(33)30-13-14-35-21(16-30)19-7-3-2-4-8-19/h2-4,6-8,10,12,21H,5,9,11,13-17H2,1H3. The molecular formula is C26H28N6O4. The highest BCUT2D eigenvalue weighted by molar-refractivity contribution is 6.39. The minimum Gasteiger partial charge on any atom is -0.386 e. The molecule has 0 radical (unpaired) electrons. The van der Waals surface area contributed by atoms with Gasteiger partial charge in [-0.05, 0) is 31.4 Å².